The summed E-state index contributed by atoms with van der Waals surface area (Å²) >= 11 is 0. The molecular formula is C24H26N4O4. The van der Waals surface area contributed by atoms with Gasteiger partial charge in [-0.25, -0.2) is 0 Å². The molecule has 8 nitrogen and oxygen atoms in total. The monoisotopic (exact) mass is 434 g/mol. The average Bonchev–Trinajstić information content (AvgIpc) is 3.23. The smallest absolute Gasteiger partial charge is 0.255 e. The molecule has 0 saturated heterocycles. The van der Waals surface area contributed by atoms with E-state index < -0.39 is 0 Å². The van der Waals surface area contributed by atoms with Gasteiger partial charge in [-0.3, -0.25) is 14.7 Å². The number of amides is 2. The van der Waals surface area contributed by atoms with Crippen molar-refractivity contribution in [1.29, 1.82) is 0 Å². The van der Waals surface area contributed by atoms with Crippen LogP contribution in [-0.4, -0.2) is 54.7 Å². The van der Waals surface area contributed by atoms with Crippen LogP contribution in [-0.2, 0) is 11.2 Å². The molecule has 2 aromatic carbocycles. The quantitative estimate of drug-likeness (QED) is 0.642. The fourth-order valence-electron chi connectivity index (χ4n) is 3.78. The molecule has 166 valence electrons. The van der Waals surface area contributed by atoms with E-state index in [0.717, 1.165) is 33.9 Å². The van der Waals surface area contributed by atoms with E-state index >= 15 is 0 Å². The average molecular weight is 434 g/mol. The van der Waals surface area contributed by atoms with Gasteiger partial charge in [0, 0.05) is 25.4 Å². The van der Waals surface area contributed by atoms with Crippen molar-refractivity contribution < 1.29 is 19.1 Å². The highest BCUT2D eigenvalue weighted by Gasteiger charge is 2.28. The number of methoxy groups -OCH3 is 1. The summed E-state index contributed by atoms with van der Waals surface area (Å²) in [5.74, 6) is 0.708. The highest BCUT2D eigenvalue weighted by molar-refractivity contribution is 6.05. The molecule has 3 aromatic rings. The van der Waals surface area contributed by atoms with E-state index in [2.05, 4.69) is 15.5 Å². The Morgan fingerprint density at radius 1 is 1.22 bits per heavy atom. The largest absolute Gasteiger partial charge is 0.497 e. The number of carbonyl (C=O) groups excluding carboxylic acids is 2. The molecule has 4 rings (SSSR count). The Bertz CT molecular complexity index is 1170. The Labute approximate surface area is 186 Å². The molecule has 0 fully saturated rings. The summed E-state index contributed by atoms with van der Waals surface area (Å²) < 4.78 is 11.1. The summed E-state index contributed by atoms with van der Waals surface area (Å²) in [7, 11) is 4.97. The zero-order valence-corrected chi connectivity index (χ0v) is 18.6. The number of H-pyrrole nitrogens is 1. The zero-order chi connectivity index (χ0) is 22.8. The lowest BCUT2D eigenvalue weighted by molar-refractivity contribution is -0.121. The maximum Gasteiger partial charge on any atom is 0.255 e. The number of fused-ring (bicyclic) bond motifs is 1. The topological polar surface area (TPSA) is 96.5 Å². The van der Waals surface area contributed by atoms with Gasteiger partial charge in [0.15, 0.2) is 0 Å². The number of aromatic nitrogens is 2. The molecule has 1 atom stereocenters. The van der Waals surface area contributed by atoms with Crippen molar-refractivity contribution in [2.75, 3.05) is 33.1 Å². The van der Waals surface area contributed by atoms with Gasteiger partial charge in [-0.15, -0.1) is 0 Å². The molecule has 0 spiro atoms. The zero-order valence-electron chi connectivity index (χ0n) is 18.6. The molecule has 2 amide bonds. The van der Waals surface area contributed by atoms with Crippen LogP contribution >= 0.6 is 0 Å². The maximum atomic E-state index is 13.1. The molecule has 2 N–H and O–H groups in total. The molecule has 1 aromatic heterocycles. The standard InChI is InChI=1S/C24H26N4O4/c1-14-20(12-25-27-14)15-5-7-21(19(11-15)24(30)28(2)3)26-23(29)17-9-16-10-18(31-4)6-8-22(16)32-13-17/h5-8,10-12,17H,9,13H2,1-4H3,(H,25,27)(H,26,29)/t17-/m1/s1. The Morgan fingerprint density at radius 3 is 2.72 bits per heavy atom. The number of hydrogen-bond donors (Lipinski definition) is 2. The molecule has 8 heteroatoms. The van der Waals surface area contributed by atoms with E-state index in [0.29, 0.717) is 17.7 Å². The highest BCUT2D eigenvalue weighted by Crippen LogP contribution is 2.32. The van der Waals surface area contributed by atoms with E-state index in [9.17, 15) is 9.59 Å². The second kappa shape index (κ2) is 8.74. The van der Waals surface area contributed by atoms with E-state index in [1.54, 1.807) is 39.5 Å². The molecule has 2 heterocycles. The van der Waals surface area contributed by atoms with Crippen molar-refractivity contribution in [3.8, 4) is 22.6 Å². The fourth-order valence-corrected chi connectivity index (χ4v) is 3.78. The molecule has 0 bridgehead atoms. The number of aryl methyl sites for hydroxylation is 1. The van der Waals surface area contributed by atoms with Crippen LogP contribution in [0.3, 0.4) is 0 Å². The minimum atomic E-state index is -0.382. The number of rotatable bonds is 5. The summed E-state index contributed by atoms with van der Waals surface area (Å²) in [5.41, 5.74) is 4.46. The molecular weight excluding hydrogens is 408 g/mol. The molecule has 0 saturated carbocycles. The van der Waals surface area contributed by atoms with Gasteiger partial charge < -0.3 is 19.7 Å². The first-order valence-electron chi connectivity index (χ1n) is 10.3. The van der Waals surface area contributed by atoms with Gasteiger partial charge in [0.25, 0.3) is 5.91 Å². The first-order valence-corrected chi connectivity index (χ1v) is 10.3. The molecule has 1 aliphatic rings. The molecule has 0 unspecified atom stereocenters. The first-order chi connectivity index (χ1) is 15.4. The predicted molar refractivity (Wildman–Crippen MR) is 121 cm³/mol. The van der Waals surface area contributed by atoms with Crippen molar-refractivity contribution in [3.63, 3.8) is 0 Å². The highest BCUT2D eigenvalue weighted by atomic mass is 16.5. The van der Waals surface area contributed by atoms with Gasteiger partial charge in [-0.05, 0) is 54.8 Å². The maximum absolute atomic E-state index is 13.1. The number of hydrogen-bond acceptors (Lipinski definition) is 5. The second-order valence-corrected chi connectivity index (χ2v) is 8.04. The minimum Gasteiger partial charge on any atom is -0.497 e. The summed E-state index contributed by atoms with van der Waals surface area (Å²) in [6.45, 7) is 2.19. The molecule has 0 radical (unpaired) electrons. The lowest BCUT2D eigenvalue weighted by atomic mass is 9.95. The van der Waals surface area contributed by atoms with Gasteiger partial charge >= 0.3 is 0 Å². The fraction of sp³-hybridized carbons (Fsp3) is 0.292. The summed E-state index contributed by atoms with van der Waals surface area (Å²) in [5, 5.41) is 9.91. The lowest BCUT2D eigenvalue weighted by Crippen LogP contribution is -2.33. The van der Waals surface area contributed by atoms with Crippen molar-refractivity contribution in [1.82, 2.24) is 15.1 Å². The van der Waals surface area contributed by atoms with Crippen LogP contribution in [0.2, 0.25) is 0 Å². The van der Waals surface area contributed by atoms with Gasteiger partial charge in [-0.1, -0.05) is 6.07 Å². The predicted octanol–water partition coefficient (Wildman–Crippen LogP) is 3.29. The van der Waals surface area contributed by atoms with Gasteiger partial charge in [0.05, 0.1) is 30.5 Å². The number of benzene rings is 2. The first kappa shape index (κ1) is 21.4. The number of nitrogens with one attached hydrogen (secondary N) is 2. The third-order valence-electron chi connectivity index (χ3n) is 5.60. The Hall–Kier alpha value is -3.81. The van der Waals surface area contributed by atoms with E-state index in [4.69, 9.17) is 9.47 Å². The number of aromatic amines is 1. The van der Waals surface area contributed by atoms with Crippen molar-refractivity contribution in [2.24, 2.45) is 5.92 Å². The van der Waals surface area contributed by atoms with Gasteiger partial charge in [0.1, 0.15) is 18.1 Å². The van der Waals surface area contributed by atoms with E-state index in [1.165, 1.54) is 4.90 Å². The number of carbonyl (C=O) groups is 2. The van der Waals surface area contributed by atoms with Crippen LogP contribution < -0.4 is 14.8 Å². The van der Waals surface area contributed by atoms with Crippen molar-refractivity contribution in [3.05, 3.63) is 59.4 Å². The normalized spacial score (nSPS) is 14.8. The van der Waals surface area contributed by atoms with Crippen LogP contribution in [0.15, 0.2) is 42.6 Å². The number of anilines is 1. The Kier molecular flexibility index (Phi) is 5.85. The van der Waals surface area contributed by atoms with Crippen molar-refractivity contribution in [2.45, 2.75) is 13.3 Å². The number of nitrogens with zero attached hydrogens (tertiary/aromatic N) is 2. The van der Waals surface area contributed by atoms with Crippen LogP contribution in [0, 0.1) is 12.8 Å². The summed E-state index contributed by atoms with van der Waals surface area (Å²) in [4.78, 5) is 27.4. The van der Waals surface area contributed by atoms with Gasteiger partial charge in [0.2, 0.25) is 5.91 Å². The Balaban J connectivity index is 1.59. The minimum absolute atomic E-state index is 0.196. The second-order valence-electron chi connectivity index (χ2n) is 8.04. The van der Waals surface area contributed by atoms with Crippen LogP contribution in [0.1, 0.15) is 21.6 Å². The van der Waals surface area contributed by atoms with Crippen LogP contribution in [0.25, 0.3) is 11.1 Å². The van der Waals surface area contributed by atoms with E-state index in [-0.39, 0.29) is 24.3 Å². The summed E-state index contributed by atoms with van der Waals surface area (Å²) in [6.07, 6.45) is 2.25. The third-order valence-corrected chi connectivity index (χ3v) is 5.60. The van der Waals surface area contributed by atoms with Gasteiger partial charge in [-0.2, -0.15) is 5.10 Å². The van der Waals surface area contributed by atoms with Crippen LogP contribution in [0.5, 0.6) is 11.5 Å². The molecule has 0 aliphatic carbocycles. The summed E-state index contributed by atoms with van der Waals surface area (Å²) in [6, 6.07) is 11.0. The van der Waals surface area contributed by atoms with Crippen molar-refractivity contribution >= 4 is 17.5 Å². The lowest BCUT2D eigenvalue weighted by Gasteiger charge is -2.25. The van der Waals surface area contributed by atoms with E-state index in [1.807, 2.05) is 31.2 Å². The number of ether oxygens (including phenoxy) is 2. The van der Waals surface area contributed by atoms with Crippen LogP contribution in [0.4, 0.5) is 5.69 Å². The third kappa shape index (κ3) is 4.16. The molecule has 1 aliphatic heterocycles. The Morgan fingerprint density at radius 2 is 2.03 bits per heavy atom. The SMILES string of the molecule is COc1ccc2c(c1)C[C@@H](C(=O)Nc1ccc(-c3cn[nH]c3C)cc1C(=O)N(C)C)CO2. The molecule has 32 heavy (non-hydrogen) atoms.